The van der Waals surface area contributed by atoms with Crippen LogP contribution in [0.1, 0.15) is 0 Å². The number of hydrogen-bond donors (Lipinski definition) is 0. The minimum Gasteiger partial charge on any atom is -0.199 e. The summed E-state index contributed by atoms with van der Waals surface area (Å²) in [6.45, 7) is 0. The monoisotopic (exact) mass is 179 g/mol. The van der Waals surface area contributed by atoms with Gasteiger partial charge in [-0.1, -0.05) is 0 Å². The van der Waals surface area contributed by atoms with E-state index in [1.807, 2.05) is 6.07 Å². The zero-order valence-electron chi connectivity index (χ0n) is 2.74. The van der Waals surface area contributed by atoms with Crippen molar-refractivity contribution < 1.29 is 0 Å². The average molecular weight is 179 g/mol. The van der Waals surface area contributed by atoms with Crippen LogP contribution in [0, 0.1) is 11.3 Å². The van der Waals surface area contributed by atoms with Crippen LogP contribution in [0.5, 0.6) is 0 Å². The molecule has 1 nitrogen and oxygen atoms in total. The second-order valence-electron chi connectivity index (χ2n) is 0.597. The first-order valence-corrected chi connectivity index (χ1v) is 2.87. The highest BCUT2D eigenvalue weighted by Crippen LogP contribution is 1.79. The molecule has 0 aromatic carbocycles. The van der Waals surface area contributed by atoms with E-state index in [0.29, 0.717) is 6.32 Å². The number of rotatable bonds is 1. The molecular formula is C2H3BIN. The van der Waals surface area contributed by atoms with Crippen LogP contribution < -0.4 is 0 Å². The number of nitrogens with zero attached hydrogens (tertiary/aromatic N) is 1. The van der Waals surface area contributed by atoms with Crippen LogP contribution in [0.25, 0.3) is 0 Å². The summed E-state index contributed by atoms with van der Waals surface area (Å²) < 4.78 is 0. The van der Waals surface area contributed by atoms with Gasteiger partial charge in [-0.2, -0.15) is 27.6 Å². The third-order valence-electron chi connectivity index (χ3n) is 0.206. The Morgan fingerprint density at radius 2 is 2.60 bits per heavy atom. The third-order valence-corrected chi connectivity index (χ3v) is 0.746. The van der Waals surface area contributed by atoms with E-state index in [0.717, 1.165) is 5.14 Å². The lowest BCUT2D eigenvalue weighted by Gasteiger charge is -1.59. The molecule has 0 aliphatic carbocycles. The zero-order valence-corrected chi connectivity index (χ0v) is 4.90. The van der Waals surface area contributed by atoms with Gasteiger partial charge in [0.25, 0.3) is 0 Å². The fraction of sp³-hybridized carbons (Fsp3) is 0.500. The average Bonchev–Trinajstić information content (AvgIpc) is 1.41. The smallest absolute Gasteiger partial charge is 0.199 e. The van der Waals surface area contributed by atoms with Gasteiger partial charge in [-0.25, -0.2) is 0 Å². The van der Waals surface area contributed by atoms with Crippen LogP contribution in [-0.2, 0) is 0 Å². The molecule has 0 saturated heterocycles. The molecule has 0 aliphatic rings. The van der Waals surface area contributed by atoms with Crippen molar-refractivity contribution in [3.05, 3.63) is 0 Å². The van der Waals surface area contributed by atoms with E-state index in [-0.39, 0.29) is 0 Å². The lowest BCUT2D eigenvalue weighted by atomic mass is 10.1. The minimum absolute atomic E-state index is 0.681. The van der Waals surface area contributed by atoms with Gasteiger partial charge in [0.15, 0.2) is 0 Å². The molecule has 0 bridgehead atoms. The maximum absolute atomic E-state index is 7.81. The first kappa shape index (κ1) is 5.28. The molecule has 0 amide bonds. The maximum atomic E-state index is 7.81. The molecule has 5 heavy (non-hydrogen) atoms. The van der Waals surface area contributed by atoms with E-state index in [1.165, 1.54) is 0 Å². The summed E-state index contributed by atoms with van der Waals surface area (Å²) in [6, 6.07) is 2.01. The van der Waals surface area contributed by atoms with E-state index in [2.05, 4.69) is 22.4 Å². The first-order chi connectivity index (χ1) is 2.41. The van der Waals surface area contributed by atoms with E-state index in [9.17, 15) is 0 Å². The highest BCUT2D eigenvalue weighted by Gasteiger charge is 1.72. The number of nitriles is 1. The first-order valence-electron chi connectivity index (χ1n) is 1.34. The summed E-state index contributed by atoms with van der Waals surface area (Å²) in [7, 11) is 0. The van der Waals surface area contributed by atoms with Crippen LogP contribution >= 0.6 is 22.4 Å². The molecular weight excluding hydrogens is 176 g/mol. The standard InChI is InChI=1S/C2H3BIN/c4-3-1-2-5/h3H,1H2. The molecule has 0 aromatic heterocycles. The molecule has 0 rings (SSSR count). The Bertz CT molecular complexity index is 48.1. The predicted molar refractivity (Wildman–Crippen MR) is 31.6 cm³/mol. The topological polar surface area (TPSA) is 23.8 Å². The molecule has 0 radical (unpaired) electrons. The summed E-state index contributed by atoms with van der Waals surface area (Å²) in [5, 5.41) is 8.76. The molecule has 3 heteroatoms. The highest BCUT2D eigenvalue weighted by atomic mass is 127. The molecule has 0 atom stereocenters. The maximum Gasteiger partial charge on any atom is 0.214 e. The Labute approximate surface area is 45.5 Å². The molecule has 0 spiro atoms. The highest BCUT2D eigenvalue weighted by molar-refractivity contribution is 14.1. The van der Waals surface area contributed by atoms with Crippen LogP contribution in [0.2, 0.25) is 6.32 Å². The van der Waals surface area contributed by atoms with Crippen LogP contribution in [0.15, 0.2) is 0 Å². The second kappa shape index (κ2) is 4.28. The molecule has 0 heterocycles. The fourth-order valence-electron chi connectivity index (χ4n) is 0.0423. The van der Waals surface area contributed by atoms with Gasteiger partial charge in [0.1, 0.15) is 0 Å². The van der Waals surface area contributed by atoms with Crippen molar-refractivity contribution in [3.8, 4) is 6.07 Å². The third kappa shape index (κ3) is 4.28. The van der Waals surface area contributed by atoms with Gasteiger partial charge >= 0.3 is 0 Å². The summed E-state index contributed by atoms with van der Waals surface area (Å²) in [4.78, 5) is 0. The van der Waals surface area contributed by atoms with Crippen molar-refractivity contribution in [1.29, 1.82) is 5.26 Å². The van der Waals surface area contributed by atoms with Gasteiger partial charge in [0.05, 0.1) is 6.07 Å². The largest absolute Gasteiger partial charge is 0.214 e. The van der Waals surface area contributed by atoms with Crippen molar-refractivity contribution >= 4 is 27.5 Å². The molecule has 0 N–H and O–H groups in total. The van der Waals surface area contributed by atoms with Crippen LogP contribution in [-0.4, -0.2) is 5.14 Å². The summed E-state index contributed by atoms with van der Waals surface area (Å²) in [5.74, 6) is 0. The van der Waals surface area contributed by atoms with E-state index >= 15 is 0 Å². The van der Waals surface area contributed by atoms with E-state index in [1.54, 1.807) is 0 Å². The van der Waals surface area contributed by atoms with Gasteiger partial charge < -0.3 is 0 Å². The molecule has 26 valence electrons. The van der Waals surface area contributed by atoms with Gasteiger partial charge in [-0.15, -0.1) is 0 Å². The van der Waals surface area contributed by atoms with Gasteiger partial charge in [-0.3, -0.25) is 0 Å². The van der Waals surface area contributed by atoms with Crippen molar-refractivity contribution in [3.63, 3.8) is 0 Å². The Morgan fingerprint density at radius 1 is 2.00 bits per heavy atom. The Kier molecular flexibility index (Phi) is 4.53. The summed E-state index contributed by atoms with van der Waals surface area (Å²) in [5.41, 5.74) is 0. The van der Waals surface area contributed by atoms with Crippen molar-refractivity contribution in [2.24, 2.45) is 0 Å². The van der Waals surface area contributed by atoms with Crippen molar-refractivity contribution in [1.82, 2.24) is 0 Å². The minimum atomic E-state index is 0.681. The molecule has 0 aromatic rings. The van der Waals surface area contributed by atoms with Gasteiger partial charge in [0.2, 0.25) is 5.14 Å². The molecule has 0 aliphatic heterocycles. The zero-order chi connectivity index (χ0) is 4.12. The molecule has 0 saturated carbocycles. The SMILES string of the molecule is N#CCBI. The summed E-state index contributed by atoms with van der Waals surface area (Å²) >= 11 is 2.16. The number of halogens is 1. The Morgan fingerprint density at radius 3 is 2.60 bits per heavy atom. The van der Waals surface area contributed by atoms with E-state index in [4.69, 9.17) is 5.26 Å². The van der Waals surface area contributed by atoms with Crippen molar-refractivity contribution in [2.75, 3.05) is 0 Å². The molecule has 0 unspecified atom stereocenters. The number of hydrogen-bond acceptors (Lipinski definition) is 1. The normalized spacial score (nSPS) is 5.60. The van der Waals surface area contributed by atoms with Crippen LogP contribution in [0.3, 0.4) is 0 Å². The Hall–Kier alpha value is 0.285. The lowest BCUT2D eigenvalue weighted by molar-refractivity contribution is 1.48. The van der Waals surface area contributed by atoms with E-state index < -0.39 is 0 Å². The second-order valence-corrected chi connectivity index (χ2v) is 1.68. The lowest BCUT2D eigenvalue weighted by Crippen LogP contribution is -1.64. The van der Waals surface area contributed by atoms with Crippen molar-refractivity contribution in [2.45, 2.75) is 6.32 Å². The van der Waals surface area contributed by atoms with Gasteiger partial charge in [-0.05, 0) is 0 Å². The fourth-order valence-corrected chi connectivity index (χ4v) is 0.283. The summed E-state index contributed by atoms with van der Waals surface area (Å²) in [6.07, 6.45) is 0.681. The Balaban J connectivity index is 2.48. The van der Waals surface area contributed by atoms with Gasteiger partial charge in [0, 0.05) is 6.32 Å². The molecule has 0 fully saturated rings. The quantitative estimate of drug-likeness (QED) is 0.429. The predicted octanol–water partition coefficient (Wildman–Crippen LogP) is 0.715. The van der Waals surface area contributed by atoms with Crippen LogP contribution in [0.4, 0.5) is 0 Å².